The average molecular weight is 258 g/mol. The van der Waals surface area contributed by atoms with E-state index in [-0.39, 0.29) is 0 Å². The van der Waals surface area contributed by atoms with Gasteiger partial charge < -0.3 is 0 Å². The second-order valence-electron chi connectivity index (χ2n) is 3.43. The van der Waals surface area contributed by atoms with Crippen molar-refractivity contribution >= 4 is 34.5 Å². The number of para-hydroxylation sites is 1. The van der Waals surface area contributed by atoms with Gasteiger partial charge in [0.15, 0.2) is 5.37 Å². The Labute approximate surface area is 99.1 Å². The van der Waals surface area contributed by atoms with E-state index in [1.807, 2.05) is 0 Å². The molecule has 86 valence electrons. The van der Waals surface area contributed by atoms with E-state index in [1.54, 1.807) is 31.2 Å². The van der Waals surface area contributed by atoms with Crippen molar-refractivity contribution in [3.8, 4) is 0 Å². The molecule has 1 N–H and O–H groups in total. The number of nitrogens with zero attached hydrogens (tertiary/aromatic N) is 2. The number of hydrogen-bond donors (Lipinski definition) is 2. The van der Waals surface area contributed by atoms with Crippen LogP contribution in [0.2, 0.25) is 0 Å². The molecule has 0 bridgehead atoms. The third-order valence-corrected chi connectivity index (χ3v) is 4.03. The van der Waals surface area contributed by atoms with E-state index in [4.69, 9.17) is 0 Å². The van der Waals surface area contributed by atoms with Crippen LogP contribution in [0.5, 0.6) is 0 Å². The van der Waals surface area contributed by atoms with E-state index in [9.17, 15) is 13.0 Å². The van der Waals surface area contributed by atoms with Crippen molar-refractivity contribution < 1.29 is 13.0 Å². The topological polar surface area (TPSA) is 70.0 Å². The van der Waals surface area contributed by atoms with Crippen molar-refractivity contribution in [2.75, 3.05) is 0 Å². The fraction of sp³-hybridized carbons (Fsp3) is 0.222. The van der Waals surface area contributed by atoms with Gasteiger partial charge in [-0.05, 0) is 13.0 Å². The minimum atomic E-state index is -4.25. The van der Waals surface area contributed by atoms with Crippen LogP contribution in [-0.4, -0.2) is 23.1 Å². The van der Waals surface area contributed by atoms with Crippen molar-refractivity contribution in [1.82, 2.24) is 4.31 Å². The molecule has 0 spiro atoms. The molecule has 0 aliphatic carbocycles. The third-order valence-electron chi connectivity index (χ3n) is 2.32. The van der Waals surface area contributed by atoms with E-state index >= 15 is 0 Å². The summed E-state index contributed by atoms with van der Waals surface area (Å²) in [6.45, 7) is 1.63. The van der Waals surface area contributed by atoms with Crippen molar-refractivity contribution in [3.05, 3.63) is 29.8 Å². The maximum atomic E-state index is 11.3. The van der Waals surface area contributed by atoms with Crippen LogP contribution < -0.4 is 0 Å². The first-order valence-electron chi connectivity index (χ1n) is 4.50. The maximum Gasteiger partial charge on any atom is 0.291 e. The van der Waals surface area contributed by atoms with Gasteiger partial charge in [-0.2, -0.15) is 8.42 Å². The molecule has 1 aromatic rings. The number of benzene rings is 1. The Kier molecular flexibility index (Phi) is 2.69. The minimum Gasteiger partial charge on any atom is -0.284 e. The highest BCUT2D eigenvalue weighted by molar-refractivity contribution is 7.87. The summed E-state index contributed by atoms with van der Waals surface area (Å²) in [7, 11) is -4.25. The molecule has 1 aliphatic rings. The van der Waals surface area contributed by atoms with E-state index in [0.717, 1.165) is 4.31 Å². The highest BCUT2D eigenvalue weighted by Gasteiger charge is 2.35. The normalized spacial score (nSPS) is 20.3. The van der Waals surface area contributed by atoms with Crippen molar-refractivity contribution in [1.29, 1.82) is 0 Å². The van der Waals surface area contributed by atoms with Crippen molar-refractivity contribution in [2.45, 2.75) is 12.3 Å². The number of amidine groups is 1. The van der Waals surface area contributed by atoms with Crippen LogP contribution in [0.25, 0.3) is 0 Å². The van der Waals surface area contributed by atoms with E-state index in [2.05, 4.69) is 17.8 Å². The molecule has 1 aromatic carbocycles. The van der Waals surface area contributed by atoms with Crippen LogP contribution in [0.1, 0.15) is 17.9 Å². The lowest BCUT2D eigenvalue weighted by atomic mass is 10.1. The molecule has 0 saturated heterocycles. The second kappa shape index (κ2) is 3.76. The molecule has 0 aromatic heterocycles. The predicted molar refractivity (Wildman–Crippen MR) is 64.3 cm³/mol. The van der Waals surface area contributed by atoms with E-state index < -0.39 is 15.5 Å². The standard InChI is InChI=1S/C9H10N2O3S2/c1-6-10-8-5-3-2-4-7(8)9(11(6)15)16(12,13)14/h2-5,9,15H,1H3,(H,12,13,14). The van der Waals surface area contributed by atoms with Gasteiger partial charge in [0.05, 0.1) is 5.69 Å². The molecule has 0 amide bonds. The van der Waals surface area contributed by atoms with Crippen LogP contribution in [0.15, 0.2) is 29.3 Å². The van der Waals surface area contributed by atoms with E-state index in [1.165, 1.54) is 0 Å². The van der Waals surface area contributed by atoms with Gasteiger partial charge in [0, 0.05) is 5.56 Å². The van der Waals surface area contributed by atoms with Gasteiger partial charge in [-0.15, -0.1) is 0 Å². The molecular weight excluding hydrogens is 248 g/mol. The second-order valence-corrected chi connectivity index (χ2v) is 5.34. The molecule has 0 fully saturated rings. The van der Waals surface area contributed by atoms with Crippen molar-refractivity contribution in [3.63, 3.8) is 0 Å². The summed E-state index contributed by atoms with van der Waals surface area (Å²) in [5.74, 6) is 0.421. The molecule has 1 aliphatic heterocycles. The van der Waals surface area contributed by atoms with Gasteiger partial charge >= 0.3 is 0 Å². The number of hydrogen-bond acceptors (Lipinski definition) is 5. The Morgan fingerprint density at radius 3 is 2.69 bits per heavy atom. The highest BCUT2D eigenvalue weighted by Crippen LogP contribution is 2.38. The number of rotatable bonds is 1. The zero-order chi connectivity index (χ0) is 11.9. The average Bonchev–Trinajstić information content (AvgIpc) is 2.17. The molecule has 0 radical (unpaired) electrons. The summed E-state index contributed by atoms with van der Waals surface area (Å²) >= 11 is 4.03. The van der Waals surface area contributed by atoms with Crippen LogP contribution in [0.3, 0.4) is 0 Å². The zero-order valence-electron chi connectivity index (χ0n) is 8.40. The molecule has 5 nitrogen and oxygen atoms in total. The molecule has 2 rings (SSSR count). The van der Waals surface area contributed by atoms with Gasteiger partial charge in [-0.1, -0.05) is 31.0 Å². The summed E-state index contributed by atoms with van der Waals surface area (Å²) in [5.41, 5.74) is 0.957. The van der Waals surface area contributed by atoms with Crippen LogP contribution >= 0.6 is 12.8 Å². The maximum absolute atomic E-state index is 11.3. The lowest BCUT2D eigenvalue weighted by Gasteiger charge is -2.30. The largest absolute Gasteiger partial charge is 0.291 e. The van der Waals surface area contributed by atoms with Gasteiger partial charge in [0.25, 0.3) is 10.1 Å². The molecular formula is C9H10N2O3S2. The molecule has 7 heteroatoms. The quantitative estimate of drug-likeness (QED) is 0.595. The lowest BCUT2D eigenvalue weighted by molar-refractivity contribution is 0.441. The molecule has 1 atom stereocenters. The Morgan fingerprint density at radius 1 is 1.44 bits per heavy atom. The highest BCUT2D eigenvalue weighted by atomic mass is 32.2. The summed E-state index contributed by atoms with van der Waals surface area (Å²) in [5, 5.41) is -1.20. The van der Waals surface area contributed by atoms with Crippen LogP contribution in [0, 0.1) is 0 Å². The molecule has 1 heterocycles. The summed E-state index contributed by atoms with van der Waals surface area (Å²) < 4.78 is 33.0. The smallest absolute Gasteiger partial charge is 0.284 e. The first-order valence-corrected chi connectivity index (χ1v) is 6.40. The van der Waals surface area contributed by atoms with Gasteiger partial charge in [-0.25, -0.2) is 4.99 Å². The number of fused-ring (bicyclic) bond motifs is 1. The zero-order valence-corrected chi connectivity index (χ0v) is 10.1. The molecule has 1 unspecified atom stereocenters. The van der Waals surface area contributed by atoms with E-state index in [0.29, 0.717) is 17.1 Å². The first-order chi connectivity index (χ1) is 7.41. The molecule has 0 saturated carbocycles. The lowest BCUT2D eigenvalue weighted by Crippen LogP contribution is -2.32. The Balaban J connectivity index is 2.68. The monoisotopic (exact) mass is 258 g/mol. The van der Waals surface area contributed by atoms with Gasteiger partial charge in [0.2, 0.25) is 0 Å². The summed E-state index contributed by atoms with van der Waals surface area (Å²) in [6.07, 6.45) is 0. The fourth-order valence-corrected chi connectivity index (χ4v) is 3.06. The van der Waals surface area contributed by atoms with Crippen LogP contribution in [-0.2, 0) is 10.1 Å². The number of thiol groups is 1. The van der Waals surface area contributed by atoms with Gasteiger partial charge in [0.1, 0.15) is 5.84 Å². The fourth-order valence-electron chi connectivity index (χ4n) is 1.61. The van der Waals surface area contributed by atoms with Gasteiger partial charge in [-0.3, -0.25) is 8.86 Å². The number of aliphatic imine (C=N–C) groups is 1. The summed E-state index contributed by atoms with van der Waals surface area (Å²) in [4.78, 5) is 4.18. The first kappa shape index (κ1) is 11.4. The third kappa shape index (κ3) is 1.81. The SMILES string of the molecule is CC1=Nc2ccccc2C(S(=O)(=O)O)N1S. The van der Waals surface area contributed by atoms with Crippen molar-refractivity contribution in [2.24, 2.45) is 4.99 Å². The Hall–Kier alpha value is -1.05. The Morgan fingerprint density at radius 2 is 2.06 bits per heavy atom. The molecule has 16 heavy (non-hydrogen) atoms. The Bertz CT molecular complexity index is 554. The predicted octanol–water partition coefficient (Wildman–Crippen LogP) is 1.78. The minimum absolute atomic E-state index is 0.421. The summed E-state index contributed by atoms with van der Waals surface area (Å²) in [6, 6.07) is 6.74. The van der Waals surface area contributed by atoms with Crippen LogP contribution in [0.4, 0.5) is 5.69 Å².